The number of fused-ring (bicyclic) bond motifs is 3. The lowest BCUT2D eigenvalue weighted by Crippen LogP contribution is -2.30. The van der Waals surface area contributed by atoms with Crippen molar-refractivity contribution in [3.05, 3.63) is 62.1 Å². The minimum atomic E-state index is -0.175. The van der Waals surface area contributed by atoms with E-state index in [0.29, 0.717) is 0 Å². The number of aryl methyl sites for hydroxylation is 2. The Morgan fingerprint density at radius 3 is 2.56 bits per heavy atom. The van der Waals surface area contributed by atoms with E-state index in [2.05, 4.69) is 49.1 Å². The summed E-state index contributed by atoms with van der Waals surface area (Å²) in [6, 6.07) is 12.3. The third-order valence-electron chi connectivity index (χ3n) is 4.77. The molecule has 1 aliphatic rings. The molecule has 0 fully saturated rings. The van der Waals surface area contributed by atoms with Crippen molar-refractivity contribution < 1.29 is 0 Å². The molecule has 0 saturated heterocycles. The summed E-state index contributed by atoms with van der Waals surface area (Å²) in [5.74, 6) is 0. The van der Waals surface area contributed by atoms with Gasteiger partial charge in [-0.3, -0.25) is 3.96 Å². The van der Waals surface area contributed by atoms with Crippen LogP contribution >= 0.6 is 35.4 Å². The molecule has 0 atom stereocenters. The lowest BCUT2D eigenvalue weighted by atomic mass is 9.88. The Hall–Kier alpha value is -1.62. The van der Waals surface area contributed by atoms with Gasteiger partial charge in [-0.15, -0.1) is 0 Å². The summed E-state index contributed by atoms with van der Waals surface area (Å²) in [7, 11) is 0. The Morgan fingerprint density at radius 1 is 1.12 bits per heavy atom. The third-order valence-corrected chi connectivity index (χ3v) is 6.98. The van der Waals surface area contributed by atoms with E-state index in [1.807, 2.05) is 24.3 Å². The van der Waals surface area contributed by atoms with Crippen LogP contribution < -0.4 is 5.32 Å². The fraction of sp³-hybridized carbons (Fsp3) is 0.250. The average Bonchev–Trinajstić information content (AvgIpc) is 2.88. The van der Waals surface area contributed by atoms with Crippen molar-refractivity contribution in [2.75, 3.05) is 5.32 Å². The van der Waals surface area contributed by atoms with E-state index in [9.17, 15) is 0 Å². The zero-order valence-corrected chi connectivity index (χ0v) is 17.0. The van der Waals surface area contributed by atoms with Crippen molar-refractivity contribution in [2.24, 2.45) is 0 Å². The predicted octanol–water partition coefficient (Wildman–Crippen LogP) is 6.87. The smallest absolute Gasteiger partial charge is 0.129 e. The first kappa shape index (κ1) is 16.8. The van der Waals surface area contributed by atoms with Crippen LogP contribution in [0.1, 0.15) is 29.9 Å². The monoisotopic (exact) mass is 386 g/mol. The highest BCUT2D eigenvalue weighted by Gasteiger charge is 2.34. The molecule has 0 radical (unpaired) electrons. The minimum absolute atomic E-state index is 0.175. The highest BCUT2D eigenvalue weighted by molar-refractivity contribution is 7.71. The Bertz CT molecular complexity index is 1060. The SMILES string of the molecule is Cc1cc2c(cc1C)-c1c(sn(-c3cccc(Cl)c3)c1=S)C(C)(C)N2. The van der Waals surface area contributed by atoms with E-state index in [0.717, 1.165) is 21.0 Å². The molecule has 1 aromatic heterocycles. The van der Waals surface area contributed by atoms with Crippen LogP contribution in [0.4, 0.5) is 5.69 Å². The first-order chi connectivity index (χ1) is 11.8. The second-order valence-electron chi connectivity index (χ2n) is 7.11. The van der Waals surface area contributed by atoms with E-state index in [-0.39, 0.29) is 5.54 Å². The fourth-order valence-electron chi connectivity index (χ4n) is 3.33. The standard InChI is InChI=1S/C20H19ClN2S2/c1-11-8-15-16(9-12(11)2)22-20(3,4)18-17(15)19(24)23(25-18)14-7-5-6-13(21)10-14/h5-10,22H,1-4H3. The number of nitrogens with zero attached hydrogens (tertiary/aromatic N) is 1. The summed E-state index contributed by atoms with van der Waals surface area (Å²) in [4.78, 5) is 1.26. The van der Waals surface area contributed by atoms with E-state index in [1.54, 1.807) is 11.5 Å². The Labute approximate surface area is 162 Å². The van der Waals surface area contributed by atoms with Gasteiger partial charge in [-0.25, -0.2) is 0 Å². The molecule has 2 nitrogen and oxygen atoms in total. The molecular formula is C20H19ClN2S2. The van der Waals surface area contributed by atoms with E-state index >= 15 is 0 Å². The van der Waals surface area contributed by atoms with Crippen molar-refractivity contribution >= 4 is 41.0 Å². The van der Waals surface area contributed by atoms with Crippen LogP contribution in [0.15, 0.2) is 36.4 Å². The molecule has 3 aromatic rings. The first-order valence-electron chi connectivity index (χ1n) is 8.20. The molecule has 1 N–H and O–H groups in total. The van der Waals surface area contributed by atoms with Gasteiger partial charge in [-0.1, -0.05) is 41.4 Å². The van der Waals surface area contributed by atoms with Gasteiger partial charge in [0.25, 0.3) is 0 Å². The van der Waals surface area contributed by atoms with Crippen LogP contribution in [-0.2, 0) is 5.54 Å². The van der Waals surface area contributed by atoms with Crippen molar-refractivity contribution in [1.82, 2.24) is 3.96 Å². The van der Waals surface area contributed by atoms with Gasteiger partial charge in [0.1, 0.15) is 4.64 Å². The van der Waals surface area contributed by atoms with Crippen molar-refractivity contribution in [3.63, 3.8) is 0 Å². The van der Waals surface area contributed by atoms with Crippen LogP contribution in [-0.4, -0.2) is 3.96 Å². The molecule has 0 unspecified atom stereocenters. The van der Waals surface area contributed by atoms with Crippen LogP contribution in [0.2, 0.25) is 5.02 Å². The number of benzene rings is 2. The van der Waals surface area contributed by atoms with Gasteiger partial charge >= 0.3 is 0 Å². The maximum absolute atomic E-state index is 6.19. The number of halogens is 1. The fourth-order valence-corrected chi connectivity index (χ4v) is 5.16. The molecule has 1 aliphatic heterocycles. The zero-order chi connectivity index (χ0) is 17.9. The highest BCUT2D eigenvalue weighted by Crippen LogP contribution is 2.48. The van der Waals surface area contributed by atoms with Crippen LogP contribution in [0.5, 0.6) is 0 Å². The third kappa shape index (κ3) is 2.64. The summed E-state index contributed by atoms with van der Waals surface area (Å²) in [6.45, 7) is 8.71. The van der Waals surface area contributed by atoms with Gasteiger partial charge in [0, 0.05) is 21.8 Å². The zero-order valence-electron chi connectivity index (χ0n) is 14.6. The quantitative estimate of drug-likeness (QED) is 0.459. The topological polar surface area (TPSA) is 17.0 Å². The van der Waals surface area contributed by atoms with Crippen LogP contribution in [0.25, 0.3) is 16.8 Å². The Morgan fingerprint density at radius 2 is 1.84 bits per heavy atom. The summed E-state index contributed by atoms with van der Waals surface area (Å²) >= 11 is 13.8. The molecule has 0 spiro atoms. The molecule has 0 bridgehead atoms. The van der Waals surface area contributed by atoms with Gasteiger partial charge in [0.2, 0.25) is 0 Å². The first-order valence-corrected chi connectivity index (χ1v) is 9.76. The molecule has 25 heavy (non-hydrogen) atoms. The van der Waals surface area contributed by atoms with Gasteiger partial charge in [0.05, 0.1) is 16.1 Å². The van der Waals surface area contributed by atoms with Crippen molar-refractivity contribution in [3.8, 4) is 16.8 Å². The molecule has 0 saturated carbocycles. The molecule has 0 amide bonds. The van der Waals surface area contributed by atoms with Gasteiger partial charge in [-0.05, 0) is 69.2 Å². The molecule has 128 valence electrons. The summed E-state index contributed by atoms with van der Waals surface area (Å²) < 4.78 is 2.96. The number of aromatic nitrogens is 1. The number of anilines is 1. The lowest BCUT2D eigenvalue weighted by Gasteiger charge is -2.33. The number of rotatable bonds is 1. The number of hydrogen-bond acceptors (Lipinski definition) is 3. The largest absolute Gasteiger partial charge is 0.375 e. The van der Waals surface area contributed by atoms with Gasteiger partial charge in [0.15, 0.2) is 0 Å². The molecule has 4 rings (SSSR count). The molecular weight excluding hydrogens is 368 g/mol. The number of nitrogens with one attached hydrogen (secondary N) is 1. The van der Waals surface area contributed by atoms with Crippen LogP contribution in [0, 0.1) is 18.5 Å². The second-order valence-corrected chi connectivity index (χ2v) is 8.89. The van der Waals surface area contributed by atoms with E-state index < -0.39 is 0 Å². The molecule has 2 aromatic carbocycles. The molecule has 2 heterocycles. The Balaban J connectivity index is 2.04. The molecule has 5 heteroatoms. The van der Waals surface area contributed by atoms with E-state index in [1.165, 1.54) is 27.1 Å². The lowest BCUT2D eigenvalue weighted by molar-refractivity contribution is 0.619. The normalized spacial score (nSPS) is 14.6. The number of hydrogen-bond donors (Lipinski definition) is 1. The van der Waals surface area contributed by atoms with Gasteiger partial charge in [-0.2, -0.15) is 0 Å². The van der Waals surface area contributed by atoms with Crippen LogP contribution in [0.3, 0.4) is 0 Å². The second kappa shape index (κ2) is 5.70. The maximum Gasteiger partial charge on any atom is 0.129 e. The summed E-state index contributed by atoms with van der Waals surface area (Å²) in [6.07, 6.45) is 0. The molecule has 0 aliphatic carbocycles. The maximum atomic E-state index is 6.19. The van der Waals surface area contributed by atoms with Crippen molar-refractivity contribution in [2.45, 2.75) is 33.2 Å². The Kier molecular flexibility index (Phi) is 3.83. The summed E-state index contributed by atoms with van der Waals surface area (Å²) in [5, 5.41) is 4.41. The van der Waals surface area contributed by atoms with E-state index in [4.69, 9.17) is 23.8 Å². The van der Waals surface area contributed by atoms with Gasteiger partial charge < -0.3 is 5.32 Å². The summed E-state index contributed by atoms with van der Waals surface area (Å²) in [5.41, 5.74) is 6.92. The highest BCUT2D eigenvalue weighted by atomic mass is 35.5. The minimum Gasteiger partial charge on any atom is -0.375 e. The van der Waals surface area contributed by atoms with Crippen molar-refractivity contribution in [1.29, 1.82) is 0 Å². The predicted molar refractivity (Wildman–Crippen MR) is 111 cm³/mol. The average molecular weight is 387 g/mol.